The number of amides is 2. The molecule has 2 N–H and O–H groups in total. The summed E-state index contributed by atoms with van der Waals surface area (Å²) in [6, 6.07) is 22.1. The summed E-state index contributed by atoms with van der Waals surface area (Å²) in [4.78, 5) is 23.6. The lowest BCUT2D eigenvalue weighted by atomic mass is 10.2. The second kappa shape index (κ2) is 10.5. The minimum Gasteiger partial charge on any atom is -0.489 e. The smallest absolute Gasteiger partial charge is 0.259 e. The van der Waals surface area contributed by atoms with E-state index in [9.17, 15) is 14.0 Å². The number of hydrogen-bond donors (Lipinski definition) is 2. The molecule has 0 aliphatic heterocycles. The Hall–Kier alpha value is -4.00. The van der Waals surface area contributed by atoms with Crippen LogP contribution >= 0.6 is 0 Å². The number of carbonyl (C=O) groups excluding carboxylic acids is 2. The number of carbonyl (C=O) groups is 2. The number of halogens is 1. The number of ether oxygens (including phenoxy) is 1. The Labute approximate surface area is 173 Å². The van der Waals surface area contributed by atoms with Gasteiger partial charge in [0, 0.05) is 5.56 Å². The zero-order valence-electron chi connectivity index (χ0n) is 16.0. The van der Waals surface area contributed by atoms with E-state index in [2.05, 4.69) is 15.8 Å². The Morgan fingerprint density at radius 2 is 1.63 bits per heavy atom. The highest BCUT2D eigenvalue weighted by Crippen LogP contribution is 2.13. The topological polar surface area (TPSA) is 79.8 Å². The van der Waals surface area contributed by atoms with Crippen molar-refractivity contribution in [2.24, 2.45) is 5.10 Å². The van der Waals surface area contributed by atoms with Gasteiger partial charge in [0.2, 0.25) is 0 Å². The van der Waals surface area contributed by atoms with Crippen LogP contribution in [-0.2, 0) is 11.4 Å². The minimum atomic E-state index is -0.482. The Kier molecular flexibility index (Phi) is 7.27. The molecular weight excluding hydrogens is 385 g/mol. The lowest BCUT2D eigenvalue weighted by Gasteiger charge is -2.06. The van der Waals surface area contributed by atoms with Crippen LogP contribution in [0.2, 0.25) is 0 Å². The fourth-order valence-corrected chi connectivity index (χ4v) is 2.47. The molecule has 152 valence electrons. The number of nitrogens with zero attached hydrogens (tertiary/aromatic N) is 1. The first-order chi connectivity index (χ1) is 14.6. The highest BCUT2D eigenvalue weighted by atomic mass is 19.1. The van der Waals surface area contributed by atoms with Gasteiger partial charge in [0.15, 0.2) is 0 Å². The third kappa shape index (κ3) is 6.56. The number of benzene rings is 3. The summed E-state index contributed by atoms with van der Waals surface area (Å²) in [5.74, 6) is -0.664. The van der Waals surface area contributed by atoms with E-state index in [0.717, 1.165) is 16.9 Å². The molecule has 6 nitrogen and oxygen atoms in total. The SMILES string of the molecule is O=C(CNC(=O)c1ccc(F)cc1)N/N=C\c1ccc(OCc2ccccc2)cc1. The summed E-state index contributed by atoms with van der Waals surface area (Å²) in [6.07, 6.45) is 1.49. The molecule has 0 fully saturated rings. The molecule has 2 amide bonds. The molecule has 0 aliphatic rings. The van der Waals surface area contributed by atoms with Crippen molar-refractivity contribution >= 4 is 18.0 Å². The van der Waals surface area contributed by atoms with Crippen molar-refractivity contribution < 1.29 is 18.7 Å². The largest absolute Gasteiger partial charge is 0.489 e. The Bertz CT molecular complexity index is 1000. The number of rotatable bonds is 8. The lowest BCUT2D eigenvalue weighted by molar-refractivity contribution is -0.120. The van der Waals surface area contributed by atoms with Gasteiger partial charge in [-0.3, -0.25) is 9.59 Å². The Balaban J connectivity index is 1.40. The van der Waals surface area contributed by atoms with Crippen LogP contribution in [0.3, 0.4) is 0 Å². The molecule has 30 heavy (non-hydrogen) atoms. The van der Waals surface area contributed by atoms with Crippen molar-refractivity contribution in [1.29, 1.82) is 0 Å². The van der Waals surface area contributed by atoms with Gasteiger partial charge in [-0.1, -0.05) is 30.3 Å². The maximum Gasteiger partial charge on any atom is 0.259 e. The van der Waals surface area contributed by atoms with Gasteiger partial charge in [-0.25, -0.2) is 9.82 Å². The molecule has 0 saturated carbocycles. The van der Waals surface area contributed by atoms with Crippen molar-refractivity contribution in [3.8, 4) is 5.75 Å². The molecule has 3 rings (SSSR count). The maximum absolute atomic E-state index is 12.9. The van der Waals surface area contributed by atoms with Crippen LogP contribution in [0.1, 0.15) is 21.5 Å². The summed E-state index contributed by atoms with van der Waals surface area (Å²) in [6.45, 7) is 0.230. The van der Waals surface area contributed by atoms with Crippen LogP contribution in [0.15, 0.2) is 84.0 Å². The number of hydrazone groups is 1. The molecule has 0 radical (unpaired) electrons. The van der Waals surface area contributed by atoms with E-state index in [-0.39, 0.29) is 12.1 Å². The number of nitrogens with one attached hydrogen (secondary N) is 2. The minimum absolute atomic E-state index is 0.250. The van der Waals surface area contributed by atoms with Crippen LogP contribution < -0.4 is 15.5 Å². The van der Waals surface area contributed by atoms with Crippen LogP contribution in [0.25, 0.3) is 0 Å². The van der Waals surface area contributed by atoms with Gasteiger partial charge < -0.3 is 10.1 Å². The average Bonchev–Trinajstić information content (AvgIpc) is 2.78. The molecule has 0 aliphatic carbocycles. The summed E-state index contributed by atoms with van der Waals surface area (Å²) >= 11 is 0. The summed E-state index contributed by atoms with van der Waals surface area (Å²) in [5, 5.41) is 6.30. The average molecular weight is 405 g/mol. The molecule has 0 saturated heterocycles. The zero-order valence-corrected chi connectivity index (χ0v) is 16.0. The first kappa shape index (κ1) is 20.7. The lowest BCUT2D eigenvalue weighted by Crippen LogP contribution is -2.34. The van der Waals surface area contributed by atoms with Gasteiger partial charge >= 0.3 is 0 Å². The van der Waals surface area contributed by atoms with E-state index in [1.165, 1.54) is 30.5 Å². The van der Waals surface area contributed by atoms with Gasteiger partial charge in [0.25, 0.3) is 11.8 Å². The van der Waals surface area contributed by atoms with E-state index in [0.29, 0.717) is 6.61 Å². The summed E-state index contributed by atoms with van der Waals surface area (Å²) in [5.41, 5.74) is 4.46. The molecule has 3 aromatic rings. The normalized spacial score (nSPS) is 10.6. The summed E-state index contributed by atoms with van der Waals surface area (Å²) < 4.78 is 18.6. The predicted octanol–water partition coefficient (Wildman–Crippen LogP) is 3.28. The van der Waals surface area contributed by atoms with Crippen LogP contribution in [0.5, 0.6) is 5.75 Å². The standard InChI is InChI=1S/C23H20FN3O3/c24-20-10-8-19(9-11-20)23(29)25-15-22(28)27-26-14-17-6-12-21(13-7-17)30-16-18-4-2-1-3-5-18/h1-14H,15-16H2,(H,25,29)(H,27,28)/b26-14-. The van der Waals surface area contributed by atoms with Gasteiger partial charge in [-0.2, -0.15) is 5.10 Å². The molecule has 0 atom stereocenters. The van der Waals surface area contributed by atoms with E-state index < -0.39 is 17.6 Å². The second-order valence-corrected chi connectivity index (χ2v) is 6.33. The van der Waals surface area contributed by atoms with Gasteiger partial charge in [-0.15, -0.1) is 0 Å². The van der Waals surface area contributed by atoms with Crippen LogP contribution in [-0.4, -0.2) is 24.6 Å². The van der Waals surface area contributed by atoms with Crippen molar-refractivity contribution in [3.05, 3.63) is 101 Å². The van der Waals surface area contributed by atoms with Crippen LogP contribution in [0, 0.1) is 5.82 Å². The maximum atomic E-state index is 12.9. The molecule has 0 unspecified atom stereocenters. The molecule has 0 spiro atoms. The third-order valence-electron chi connectivity index (χ3n) is 4.05. The Morgan fingerprint density at radius 1 is 0.933 bits per heavy atom. The van der Waals surface area contributed by atoms with E-state index >= 15 is 0 Å². The highest BCUT2D eigenvalue weighted by Gasteiger charge is 2.07. The molecule has 0 heterocycles. The Morgan fingerprint density at radius 3 is 2.33 bits per heavy atom. The van der Waals surface area contributed by atoms with Gasteiger partial charge in [-0.05, 0) is 59.7 Å². The fourth-order valence-electron chi connectivity index (χ4n) is 2.47. The quantitative estimate of drug-likeness (QED) is 0.446. The van der Waals surface area contributed by atoms with Crippen molar-refractivity contribution in [1.82, 2.24) is 10.7 Å². The highest BCUT2D eigenvalue weighted by molar-refractivity contribution is 5.96. The summed E-state index contributed by atoms with van der Waals surface area (Å²) in [7, 11) is 0. The third-order valence-corrected chi connectivity index (χ3v) is 4.05. The molecule has 7 heteroatoms. The fraction of sp³-hybridized carbons (Fsp3) is 0.0870. The zero-order chi connectivity index (χ0) is 21.2. The first-order valence-electron chi connectivity index (χ1n) is 9.22. The van der Waals surface area contributed by atoms with E-state index in [1.54, 1.807) is 0 Å². The molecule has 0 bridgehead atoms. The van der Waals surface area contributed by atoms with Crippen molar-refractivity contribution in [3.63, 3.8) is 0 Å². The second-order valence-electron chi connectivity index (χ2n) is 6.33. The van der Waals surface area contributed by atoms with Gasteiger partial charge in [0.1, 0.15) is 18.2 Å². The van der Waals surface area contributed by atoms with E-state index in [1.807, 2.05) is 54.6 Å². The van der Waals surface area contributed by atoms with E-state index in [4.69, 9.17) is 4.74 Å². The van der Waals surface area contributed by atoms with Crippen molar-refractivity contribution in [2.75, 3.05) is 6.54 Å². The predicted molar refractivity (Wildman–Crippen MR) is 112 cm³/mol. The first-order valence-corrected chi connectivity index (χ1v) is 9.22. The van der Waals surface area contributed by atoms with Crippen LogP contribution in [0.4, 0.5) is 4.39 Å². The molecule has 3 aromatic carbocycles. The molecular formula is C23H20FN3O3. The van der Waals surface area contributed by atoms with Crippen molar-refractivity contribution in [2.45, 2.75) is 6.61 Å². The number of hydrogen-bond acceptors (Lipinski definition) is 4. The van der Waals surface area contributed by atoms with Gasteiger partial charge in [0.05, 0.1) is 12.8 Å². The molecule has 0 aromatic heterocycles. The monoisotopic (exact) mass is 405 g/mol.